The van der Waals surface area contributed by atoms with Crippen molar-refractivity contribution in [2.24, 2.45) is 5.92 Å². The summed E-state index contributed by atoms with van der Waals surface area (Å²) in [6.07, 6.45) is 5.03. The van der Waals surface area contributed by atoms with Crippen molar-refractivity contribution in [2.45, 2.75) is 51.0 Å². The Morgan fingerprint density at radius 3 is 2.44 bits per heavy atom. The van der Waals surface area contributed by atoms with Crippen molar-refractivity contribution in [3.63, 3.8) is 0 Å². The summed E-state index contributed by atoms with van der Waals surface area (Å²) in [5.74, 6) is 0.745. The quantitative estimate of drug-likeness (QED) is 0.676. The molecule has 0 radical (unpaired) electrons. The van der Waals surface area contributed by atoms with Gasteiger partial charge in [-0.2, -0.15) is 0 Å². The molecule has 18 heavy (non-hydrogen) atoms. The first-order chi connectivity index (χ1) is 8.72. The number of hydrogen-bond acceptors (Lipinski definition) is 1. The Hall–Kier alpha value is -0.530. The molecule has 1 fully saturated rings. The van der Waals surface area contributed by atoms with Gasteiger partial charge >= 0.3 is 0 Å². The molecule has 0 aliphatic heterocycles. The topological polar surface area (TPSA) is 9.23 Å². The first-order valence-electron chi connectivity index (χ1n) is 7.07. The Bertz CT molecular complexity index is 354. The standard InChI is InChI=1S/C16H23ClO/c1-3-12-5-7-14(8-6-12)16(17)11-13-9-15(10-13)18-4-2/h5-8,13,15-16H,3-4,9-11H2,1-2H3. The molecule has 1 unspecified atom stereocenters. The summed E-state index contributed by atoms with van der Waals surface area (Å²) >= 11 is 6.49. The van der Waals surface area contributed by atoms with E-state index in [1.165, 1.54) is 24.0 Å². The summed E-state index contributed by atoms with van der Waals surface area (Å²) in [6, 6.07) is 8.73. The van der Waals surface area contributed by atoms with Crippen LogP contribution in [-0.2, 0) is 11.2 Å². The summed E-state index contributed by atoms with van der Waals surface area (Å²) in [5, 5.41) is 0.156. The van der Waals surface area contributed by atoms with Crippen molar-refractivity contribution in [3.8, 4) is 0 Å². The van der Waals surface area contributed by atoms with Crippen LogP contribution in [0.3, 0.4) is 0 Å². The highest BCUT2D eigenvalue weighted by Crippen LogP contribution is 2.39. The van der Waals surface area contributed by atoms with E-state index >= 15 is 0 Å². The SMILES string of the molecule is CCOC1CC(CC(Cl)c2ccc(CC)cc2)C1. The van der Waals surface area contributed by atoms with Crippen molar-refractivity contribution in [2.75, 3.05) is 6.61 Å². The second kappa shape index (κ2) is 6.58. The van der Waals surface area contributed by atoms with Crippen molar-refractivity contribution in [1.29, 1.82) is 0 Å². The molecule has 100 valence electrons. The zero-order valence-electron chi connectivity index (χ0n) is 11.4. The first kappa shape index (κ1) is 13.9. The van der Waals surface area contributed by atoms with Crippen molar-refractivity contribution < 1.29 is 4.74 Å². The van der Waals surface area contributed by atoms with E-state index in [0.717, 1.165) is 25.4 Å². The Labute approximate surface area is 115 Å². The number of alkyl halides is 1. The van der Waals surface area contributed by atoms with Crippen LogP contribution in [0.2, 0.25) is 0 Å². The van der Waals surface area contributed by atoms with Crippen molar-refractivity contribution in [1.82, 2.24) is 0 Å². The predicted octanol–water partition coefficient (Wildman–Crippen LogP) is 4.73. The minimum atomic E-state index is 0.156. The second-order valence-corrected chi connectivity index (χ2v) is 5.74. The Balaban J connectivity index is 1.79. The van der Waals surface area contributed by atoms with Gasteiger partial charge in [0.15, 0.2) is 0 Å². The molecule has 1 aliphatic rings. The van der Waals surface area contributed by atoms with Gasteiger partial charge in [-0.25, -0.2) is 0 Å². The van der Waals surface area contributed by atoms with Crippen LogP contribution in [-0.4, -0.2) is 12.7 Å². The zero-order chi connectivity index (χ0) is 13.0. The van der Waals surface area contributed by atoms with E-state index in [0.29, 0.717) is 6.10 Å². The summed E-state index contributed by atoms with van der Waals surface area (Å²) in [7, 11) is 0. The summed E-state index contributed by atoms with van der Waals surface area (Å²) < 4.78 is 5.58. The highest BCUT2D eigenvalue weighted by molar-refractivity contribution is 6.20. The molecule has 1 aromatic carbocycles. The molecule has 1 aromatic rings. The fourth-order valence-corrected chi connectivity index (χ4v) is 3.03. The van der Waals surface area contributed by atoms with Crippen LogP contribution in [0, 0.1) is 5.92 Å². The molecule has 0 aromatic heterocycles. The molecule has 0 saturated heterocycles. The minimum absolute atomic E-state index is 0.156. The number of ether oxygens (including phenoxy) is 1. The van der Waals surface area contributed by atoms with Gasteiger partial charge in [-0.05, 0) is 49.7 Å². The van der Waals surface area contributed by atoms with Gasteiger partial charge in [0, 0.05) is 6.61 Å². The average Bonchev–Trinajstić information content (AvgIpc) is 2.36. The third kappa shape index (κ3) is 3.49. The molecular formula is C16H23ClO. The molecule has 0 spiro atoms. The molecule has 1 aliphatic carbocycles. The molecule has 0 amide bonds. The summed E-state index contributed by atoms with van der Waals surface area (Å²) in [4.78, 5) is 0. The van der Waals surface area contributed by atoms with Crippen molar-refractivity contribution >= 4 is 11.6 Å². The van der Waals surface area contributed by atoms with Gasteiger partial charge in [-0.3, -0.25) is 0 Å². The van der Waals surface area contributed by atoms with E-state index < -0.39 is 0 Å². The lowest BCUT2D eigenvalue weighted by Gasteiger charge is -2.36. The molecular weight excluding hydrogens is 244 g/mol. The van der Waals surface area contributed by atoms with E-state index in [2.05, 4.69) is 38.1 Å². The Morgan fingerprint density at radius 2 is 1.89 bits per heavy atom. The number of benzene rings is 1. The molecule has 0 heterocycles. The highest BCUT2D eigenvalue weighted by atomic mass is 35.5. The van der Waals surface area contributed by atoms with Crippen LogP contribution in [0.15, 0.2) is 24.3 Å². The molecule has 1 saturated carbocycles. The van der Waals surface area contributed by atoms with Gasteiger partial charge in [0.05, 0.1) is 11.5 Å². The van der Waals surface area contributed by atoms with Crippen LogP contribution < -0.4 is 0 Å². The fraction of sp³-hybridized carbons (Fsp3) is 0.625. The van der Waals surface area contributed by atoms with Gasteiger partial charge < -0.3 is 4.74 Å². The van der Waals surface area contributed by atoms with Crippen LogP contribution in [0.5, 0.6) is 0 Å². The molecule has 0 N–H and O–H groups in total. The average molecular weight is 267 g/mol. The third-order valence-electron chi connectivity index (χ3n) is 3.88. The van der Waals surface area contributed by atoms with Crippen LogP contribution in [0.25, 0.3) is 0 Å². The lowest BCUT2D eigenvalue weighted by molar-refractivity contribution is -0.0267. The van der Waals surface area contributed by atoms with Gasteiger partial charge in [0.1, 0.15) is 0 Å². The van der Waals surface area contributed by atoms with E-state index in [1.807, 2.05) is 0 Å². The minimum Gasteiger partial charge on any atom is -0.378 e. The van der Waals surface area contributed by atoms with Gasteiger partial charge in [0.25, 0.3) is 0 Å². The second-order valence-electron chi connectivity index (χ2n) is 5.21. The smallest absolute Gasteiger partial charge is 0.0587 e. The number of aryl methyl sites for hydroxylation is 1. The van der Waals surface area contributed by atoms with E-state index in [9.17, 15) is 0 Å². The molecule has 0 bridgehead atoms. The fourth-order valence-electron chi connectivity index (χ4n) is 2.63. The van der Waals surface area contributed by atoms with E-state index in [4.69, 9.17) is 16.3 Å². The Kier molecular flexibility index (Phi) is 5.08. The molecule has 2 heteroatoms. The normalized spacial score (nSPS) is 24.6. The third-order valence-corrected chi connectivity index (χ3v) is 4.31. The predicted molar refractivity (Wildman–Crippen MR) is 77.2 cm³/mol. The van der Waals surface area contributed by atoms with E-state index in [1.54, 1.807) is 0 Å². The van der Waals surface area contributed by atoms with Gasteiger partial charge in [-0.1, -0.05) is 31.2 Å². The zero-order valence-corrected chi connectivity index (χ0v) is 12.1. The number of rotatable bonds is 6. The van der Waals surface area contributed by atoms with Crippen LogP contribution in [0.4, 0.5) is 0 Å². The van der Waals surface area contributed by atoms with Crippen LogP contribution in [0.1, 0.15) is 49.6 Å². The lowest BCUT2D eigenvalue weighted by atomic mass is 9.78. The maximum absolute atomic E-state index is 6.49. The molecule has 1 atom stereocenters. The highest BCUT2D eigenvalue weighted by Gasteiger charge is 2.31. The Morgan fingerprint density at radius 1 is 1.22 bits per heavy atom. The maximum Gasteiger partial charge on any atom is 0.0587 e. The van der Waals surface area contributed by atoms with Gasteiger partial charge in [0.2, 0.25) is 0 Å². The number of hydrogen-bond donors (Lipinski definition) is 0. The molecule has 1 nitrogen and oxygen atoms in total. The maximum atomic E-state index is 6.49. The monoisotopic (exact) mass is 266 g/mol. The van der Waals surface area contributed by atoms with Crippen molar-refractivity contribution in [3.05, 3.63) is 35.4 Å². The number of halogens is 1. The van der Waals surface area contributed by atoms with Crippen LogP contribution >= 0.6 is 11.6 Å². The summed E-state index contributed by atoms with van der Waals surface area (Å²) in [6.45, 7) is 5.07. The molecule has 2 rings (SSSR count). The summed E-state index contributed by atoms with van der Waals surface area (Å²) in [5.41, 5.74) is 2.64. The lowest BCUT2D eigenvalue weighted by Crippen LogP contribution is -2.31. The van der Waals surface area contributed by atoms with E-state index in [-0.39, 0.29) is 5.38 Å². The first-order valence-corrected chi connectivity index (χ1v) is 7.51. The van der Waals surface area contributed by atoms with Gasteiger partial charge in [-0.15, -0.1) is 11.6 Å². The largest absolute Gasteiger partial charge is 0.378 e.